The van der Waals surface area contributed by atoms with Gasteiger partial charge < -0.3 is 10.1 Å². The van der Waals surface area contributed by atoms with Crippen LogP contribution in [0.3, 0.4) is 0 Å². The Labute approximate surface area is 149 Å². The molecule has 128 valence electrons. The third-order valence-electron chi connectivity index (χ3n) is 3.72. The summed E-state index contributed by atoms with van der Waals surface area (Å²) in [7, 11) is 0. The van der Waals surface area contributed by atoms with Gasteiger partial charge in [0, 0.05) is 10.4 Å². The van der Waals surface area contributed by atoms with Crippen LogP contribution in [-0.4, -0.2) is 28.7 Å². The maximum absolute atomic E-state index is 12.1. The first-order valence-electron chi connectivity index (χ1n) is 7.69. The van der Waals surface area contributed by atoms with Gasteiger partial charge >= 0.3 is 5.97 Å². The second-order valence-electron chi connectivity index (χ2n) is 5.54. The van der Waals surface area contributed by atoms with Gasteiger partial charge in [-0.15, -0.1) is 0 Å². The monoisotopic (exact) mass is 357 g/mol. The first-order valence-corrected chi connectivity index (χ1v) is 8.07. The number of hydrogen-bond donors (Lipinski definition) is 2. The van der Waals surface area contributed by atoms with Gasteiger partial charge in [-0.3, -0.25) is 9.89 Å². The van der Waals surface area contributed by atoms with Gasteiger partial charge in [0.2, 0.25) is 0 Å². The Hall–Kier alpha value is -2.86. The van der Waals surface area contributed by atoms with E-state index < -0.39 is 11.9 Å². The molecule has 1 heterocycles. The van der Waals surface area contributed by atoms with Gasteiger partial charge in [0.15, 0.2) is 12.3 Å². The topological polar surface area (TPSA) is 84.1 Å². The molecular weight excluding hydrogens is 342 g/mol. The van der Waals surface area contributed by atoms with Crippen molar-refractivity contribution in [3.8, 4) is 0 Å². The van der Waals surface area contributed by atoms with Gasteiger partial charge in [-0.1, -0.05) is 41.9 Å². The molecule has 0 aliphatic rings. The van der Waals surface area contributed by atoms with E-state index in [-0.39, 0.29) is 18.3 Å². The summed E-state index contributed by atoms with van der Waals surface area (Å²) in [5.41, 5.74) is 1.75. The summed E-state index contributed by atoms with van der Waals surface area (Å²) in [4.78, 5) is 24.1. The minimum atomic E-state index is -0.650. The number of hydrogen-bond acceptors (Lipinski definition) is 4. The van der Waals surface area contributed by atoms with Crippen molar-refractivity contribution >= 4 is 34.4 Å². The van der Waals surface area contributed by atoms with E-state index in [2.05, 4.69) is 15.5 Å². The Balaban J connectivity index is 1.57. The van der Waals surface area contributed by atoms with Gasteiger partial charge in [0.05, 0.1) is 11.6 Å². The number of fused-ring (bicyclic) bond motifs is 1. The zero-order valence-corrected chi connectivity index (χ0v) is 14.2. The lowest BCUT2D eigenvalue weighted by molar-refractivity contribution is -0.124. The molecule has 25 heavy (non-hydrogen) atoms. The molecule has 6 nitrogen and oxygen atoms in total. The summed E-state index contributed by atoms with van der Waals surface area (Å²) < 4.78 is 5.06. The Morgan fingerprint density at radius 3 is 2.84 bits per heavy atom. The maximum Gasteiger partial charge on any atom is 0.359 e. The molecule has 1 amide bonds. The van der Waals surface area contributed by atoms with Crippen molar-refractivity contribution in [1.29, 1.82) is 0 Å². The van der Waals surface area contributed by atoms with Crippen molar-refractivity contribution in [1.82, 2.24) is 15.5 Å². The third kappa shape index (κ3) is 3.97. The number of nitrogens with one attached hydrogen (secondary N) is 2. The van der Waals surface area contributed by atoms with Crippen molar-refractivity contribution in [3.05, 3.63) is 64.8 Å². The summed E-state index contributed by atoms with van der Waals surface area (Å²) in [6, 6.07) is 14.1. The fourth-order valence-electron chi connectivity index (χ4n) is 2.46. The number of halogens is 1. The standard InChI is InChI=1S/C18H16ClN3O3/c1-11(12-5-4-6-13(19)9-12)20-16(23)10-25-18(24)17-14-7-2-3-8-15(14)21-22-17/h2-9,11H,10H2,1H3,(H,20,23)(H,21,22). The van der Waals surface area contributed by atoms with Crippen LogP contribution in [0.2, 0.25) is 5.02 Å². The lowest BCUT2D eigenvalue weighted by atomic mass is 10.1. The third-order valence-corrected chi connectivity index (χ3v) is 3.96. The van der Waals surface area contributed by atoms with Crippen molar-refractivity contribution in [2.45, 2.75) is 13.0 Å². The molecule has 7 heteroatoms. The van der Waals surface area contributed by atoms with Crippen LogP contribution in [0, 0.1) is 0 Å². The van der Waals surface area contributed by atoms with E-state index in [4.69, 9.17) is 16.3 Å². The average molecular weight is 358 g/mol. The number of aromatic amines is 1. The quantitative estimate of drug-likeness (QED) is 0.686. The minimum absolute atomic E-state index is 0.159. The van der Waals surface area contributed by atoms with Crippen LogP contribution in [0.1, 0.15) is 29.0 Å². The fourth-order valence-corrected chi connectivity index (χ4v) is 2.66. The van der Waals surface area contributed by atoms with Crippen LogP contribution in [0.4, 0.5) is 0 Å². The van der Waals surface area contributed by atoms with E-state index in [1.165, 1.54) is 0 Å². The molecule has 1 atom stereocenters. The zero-order valence-electron chi connectivity index (χ0n) is 13.5. The molecule has 3 rings (SSSR count). The van der Waals surface area contributed by atoms with Gasteiger partial charge in [-0.25, -0.2) is 4.79 Å². The van der Waals surface area contributed by atoms with Gasteiger partial charge in [0.25, 0.3) is 5.91 Å². The number of ether oxygens (including phenoxy) is 1. The number of nitrogens with zero attached hydrogens (tertiary/aromatic N) is 1. The Bertz CT molecular complexity index is 923. The molecule has 1 aromatic heterocycles. The highest BCUT2D eigenvalue weighted by Crippen LogP contribution is 2.18. The molecule has 3 aromatic rings. The van der Waals surface area contributed by atoms with E-state index >= 15 is 0 Å². The highest BCUT2D eigenvalue weighted by molar-refractivity contribution is 6.30. The Morgan fingerprint density at radius 1 is 1.24 bits per heavy atom. The number of rotatable bonds is 5. The molecule has 2 N–H and O–H groups in total. The first kappa shape index (κ1) is 17.0. The van der Waals surface area contributed by atoms with E-state index in [9.17, 15) is 9.59 Å². The van der Waals surface area contributed by atoms with Gasteiger partial charge in [0.1, 0.15) is 0 Å². The number of benzene rings is 2. The van der Waals surface area contributed by atoms with Crippen LogP contribution in [0.15, 0.2) is 48.5 Å². The van der Waals surface area contributed by atoms with E-state index in [0.29, 0.717) is 10.4 Å². The molecule has 0 bridgehead atoms. The van der Waals surface area contributed by atoms with Gasteiger partial charge in [-0.2, -0.15) is 5.10 Å². The smallest absolute Gasteiger partial charge is 0.359 e. The summed E-state index contributed by atoms with van der Waals surface area (Å²) >= 11 is 5.94. The molecule has 0 radical (unpaired) electrons. The molecule has 0 saturated carbocycles. The van der Waals surface area contributed by atoms with Crippen molar-refractivity contribution < 1.29 is 14.3 Å². The summed E-state index contributed by atoms with van der Waals surface area (Å²) in [5, 5.41) is 10.7. The number of para-hydroxylation sites is 1. The van der Waals surface area contributed by atoms with Crippen LogP contribution in [0.25, 0.3) is 10.9 Å². The second kappa shape index (κ2) is 7.36. The summed E-state index contributed by atoms with van der Waals surface area (Å²) in [5.74, 6) is -1.05. The molecule has 0 fully saturated rings. The minimum Gasteiger partial charge on any atom is -0.451 e. The fraction of sp³-hybridized carbons (Fsp3) is 0.167. The number of carbonyl (C=O) groups is 2. The number of esters is 1. The maximum atomic E-state index is 12.1. The molecule has 0 aliphatic carbocycles. The molecular formula is C18H16ClN3O3. The average Bonchev–Trinajstić information content (AvgIpc) is 3.04. The first-order chi connectivity index (χ1) is 12.0. The Kier molecular flexibility index (Phi) is 5.00. The van der Waals surface area contributed by atoms with Crippen molar-refractivity contribution in [2.24, 2.45) is 0 Å². The molecule has 0 saturated heterocycles. The number of H-pyrrole nitrogens is 1. The van der Waals surface area contributed by atoms with Crippen molar-refractivity contribution in [2.75, 3.05) is 6.61 Å². The van der Waals surface area contributed by atoms with E-state index in [1.54, 1.807) is 30.3 Å². The van der Waals surface area contributed by atoms with Gasteiger partial charge in [-0.05, 0) is 30.7 Å². The highest BCUT2D eigenvalue weighted by atomic mass is 35.5. The van der Waals surface area contributed by atoms with Crippen LogP contribution >= 0.6 is 11.6 Å². The molecule has 0 spiro atoms. The lowest BCUT2D eigenvalue weighted by Crippen LogP contribution is -2.31. The highest BCUT2D eigenvalue weighted by Gasteiger charge is 2.17. The van der Waals surface area contributed by atoms with Crippen LogP contribution in [0.5, 0.6) is 0 Å². The normalized spacial score (nSPS) is 11.9. The van der Waals surface area contributed by atoms with Crippen LogP contribution < -0.4 is 5.32 Å². The predicted molar refractivity (Wildman–Crippen MR) is 94.4 cm³/mol. The molecule has 2 aromatic carbocycles. The summed E-state index contributed by atoms with van der Waals surface area (Å²) in [6.07, 6.45) is 0. The largest absolute Gasteiger partial charge is 0.451 e. The Morgan fingerprint density at radius 2 is 2.04 bits per heavy atom. The predicted octanol–water partition coefficient (Wildman–Crippen LogP) is 3.25. The second-order valence-corrected chi connectivity index (χ2v) is 5.97. The SMILES string of the molecule is CC(NC(=O)COC(=O)c1n[nH]c2ccccc12)c1cccc(Cl)c1. The number of carbonyl (C=O) groups excluding carboxylic acids is 2. The van der Waals surface area contributed by atoms with Crippen molar-refractivity contribution in [3.63, 3.8) is 0 Å². The van der Waals surface area contributed by atoms with Crippen LogP contribution in [-0.2, 0) is 9.53 Å². The van der Waals surface area contributed by atoms with E-state index in [1.807, 2.05) is 25.1 Å². The number of amides is 1. The molecule has 1 unspecified atom stereocenters. The zero-order chi connectivity index (χ0) is 17.8. The lowest BCUT2D eigenvalue weighted by Gasteiger charge is -2.14. The summed E-state index contributed by atoms with van der Waals surface area (Å²) in [6.45, 7) is 1.44. The number of aromatic nitrogens is 2. The molecule has 0 aliphatic heterocycles. The van der Waals surface area contributed by atoms with E-state index in [0.717, 1.165) is 11.1 Å².